The molecule has 1 aromatic heterocycles. The molecule has 5 aromatic rings. The number of aryl methyl sites for hydroxylation is 1. The normalized spacial score (nSPS) is 11.6. The van der Waals surface area contributed by atoms with E-state index in [0.29, 0.717) is 17.7 Å². The van der Waals surface area contributed by atoms with Crippen LogP contribution < -0.4 is 0 Å². The lowest BCUT2D eigenvalue weighted by atomic mass is 9.92. The highest BCUT2D eigenvalue weighted by molar-refractivity contribution is 5.97. The number of fused-ring (bicyclic) bond motifs is 1. The molecule has 5 heteroatoms. The first-order chi connectivity index (χ1) is 17.2. The second kappa shape index (κ2) is 9.65. The van der Waals surface area contributed by atoms with Gasteiger partial charge in [0.15, 0.2) is 0 Å². The first-order valence-electron chi connectivity index (χ1n) is 11.3. The zero-order valence-corrected chi connectivity index (χ0v) is 19.2. The topological polar surface area (TPSA) is 74.6 Å². The number of aromatic nitrogens is 2. The molecule has 35 heavy (non-hydrogen) atoms. The quantitative estimate of drug-likeness (QED) is 0.302. The van der Waals surface area contributed by atoms with Gasteiger partial charge in [0, 0.05) is 12.6 Å². The zero-order valence-electron chi connectivity index (χ0n) is 19.2. The summed E-state index contributed by atoms with van der Waals surface area (Å²) in [6, 6.07) is 32.1. The minimum atomic E-state index is -0.389. The average Bonchev–Trinajstić information content (AvgIpc) is 3.34. The number of nitrogens with zero attached hydrogens (tertiary/aromatic N) is 4. The third kappa shape index (κ3) is 4.42. The molecule has 0 aliphatic carbocycles. The van der Waals surface area contributed by atoms with Gasteiger partial charge in [-0.1, -0.05) is 60.7 Å². The van der Waals surface area contributed by atoms with Gasteiger partial charge in [-0.05, 0) is 51.7 Å². The molecule has 0 radical (unpaired) electrons. The smallest absolute Gasteiger partial charge is 0.124 e. The Bertz CT molecular complexity index is 1580. The minimum absolute atomic E-state index is 0.366. The van der Waals surface area contributed by atoms with E-state index in [9.17, 15) is 5.26 Å². The highest BCUT2D eigenvalue weighted by Crippen LogP contribution is 2.35. The summed E-state index contributed by atoms with van der Waals surface area (Å²) in [5.41, 5.74) is 5.92. The van der Waals surface area contributed by atoms with Crippen LogP contribution in [0.3, 0.4) is 0 Å². The van der Waals surface area contributed by atoms with E-state index < -0.39 is 0 Å². The molecule has 0 saturated carbocycles. The first kappa shape index (κ1) is 22.1. The van der Waals surface area contributed by atoms with E-state index in [4.69, 9.17) is 10.00 Å². The van der Waals surface area contributed by atoms with Crippen LogP contribution in [-0.2, 0) is 18.4 Å². The monoisotopic (exact) mass is 454 g/mol. The minimum Gasteiger partial charge on any atom is -0.363 e. The van der Waals surface area contributed by atoms with Gasteiger partial charge < -0.3 is 9.30 Å². The highest BCUT2D eigenvalue weighted by Gasteiger charge is 2.21. The van der Waals surface area contributed by atoms with Gasteiger partial charge in [-0.15, -0.1) is 0 Å². The van der Waals surface area contributed by atoms with Crippen LogP contribution in [0.5, 0.6) is 0 Å². The second-order valence-corrected chi connectivity index (χ2v) is 8.37. The number of hydrogen-bond acceptors (Lipinski definition) is 4. The summed E-state index contributed by atoms with van der Waals surface area (Å²) in [6.07, 6.45) is 3.17. The van der Waals surface area contributed by atoms with Gasteiger partial charge in [0.1, 0.15) is 6.10 Å². The zero-order chi connectivity index (χ0) is 24.2. The van der Waals surface area contributed by atoms with Crippen LogP contribution in [0.25, 0.3) is 21.9 Å². The fourth-order valence-corrected chi connectivity index (χ4v) is 4.33. The molecule has 0 aliphatic heterocycles. The number of nitriles is 2. The first-order valence-corrected chi connectivity index (χ1v) is 11.3. The molecule has 5 nitrogen and oxygen atoms in total. The molecule has 0 saturated heterocycles. The number of benzene rings is 4. The largest absolute Gasteiger partial charge is 0.363 e. The van der Waals surface area contributed by atoms with E-state index in [1.54, 1.807) is 24.7 Å². The number of ether oxygens (including phenoxy) is 1. The molecular formula is C30H22N4O. The lowest BCUT2D eigenvalue weighted by molar-refractivity contribution is 0.0622. The Morgan fingerprint density at radius 3 is 2.43 bits per heavy atom. The fraction of sp³-hybridized carbons (Fsp3) is 0.100. The third-order valence-corrected chi connectivity index (χ3v) is 6.17. The van der Waals surface area contributed by atoms with Crippen LogP contribution in [0.4, 0.5) is 0 Å². The Kier molecular flexibility index (Phi) is 6.09. The maximum Gasteiger partial charge on any atom is 0.124 e. The van der Waals surface area contributed by atoms with Crippen molar-refractivity contribution in [1.82, 2.24) is 9.55 Å². The van der Waals surface area contributed by atoms with Gasteiger partial charge in [0.2, 0.25) is 0 Å². The SMILES string of the molecule is Cn1cncc1C(OCc1ccc(C#N)cc1)c1ccc(C#N)c(-c2cccc3ccccc23)c1. The summed E-state index contributed by atoms with van der Waals surface area (Å²) in [7, 11) is 1.94. The van der Waals surface area contributed by atoms with E-state index in [2.05, 4.69) is 47.5 Å². The molecule has 1 atom stereocenters. The summed E-state index contributed by atoms with van der Waals surface area (Å²) in [5, 5.41) is 21.2. The molecule has 0 bridgehead atoms. The lowest BCUT2D eigenvalue weighted by Crippen LogP contribution is -2.11. The Hall–Kier alpha value is -4.71. The van der Waals surface area contributed by atoms with E-state index in [-0.39, 0.29) is 6.10 Å². The Morgan fingerprint density at radius 1 is 0.886 bits per heavy atom. The van der Waals surface area contributed by atoms with Crippen LogP contribution in [0.1, 0.15) is 34.1 Å². The van der Waals surface area contributed by atoms with Gasteiger partial charge in [-0.3, -0.25) is 0 Å². The van der Waals surface area contributed by atoms with Crippen molar-refractivity contribution in [3.63, 3.8) is 0 Å². The summed E-state index contributed by atoms with van der Waals surface area (Å²) >= 11 is 0. The molecule has 1 heterocycles. The molecule has 5 rings (SSSR count). The molecular weight excluding hydrogens is 432 g/mol. The summed E-state index contributed by atoms with van der Waals surface area (Å²) < 4.78 is 8.38. The van der Waals surface area contributed by atoms with Crippen LogP contribution in [0.15, 0.2) is 97.5 Å². The van der Waals surface area contributed by atoms with Crippen LogP contribution in [0, 0.1) is 22.7 Å². The van der Waals surface area contributed by atoms with Crippen molar-refractivity contribution in [3.05, 3.63) is 125 Å². The van der Waals surface area contributed by atoms with Crippen LogP contribution >= 0.6 is 0 Å². The second-order valence-electron chi connectivity index (χ2n) is 8.37. The molecule has 4 aromatic carbocycles. The van der Waals surface area contributed by atoms with E-state index >= 15 is 0 Å². The standard InChI is InChI=1S/C30H22N4O/c1-34-20-33-18-29(34)30(35-19-22-11-9-21(16-31)10-12-22)24-13-14-25(17-32)28(15-24)27-8-4-6-23-5-2-3-7-26(23)27/h2-15,18,20,30H,19H2,1H3. The van der Waals surface area contributed by atoms with Crippen molar-refractivity contribution in [3.8, 4) is 23.3 Å². The van der Waals surface area contributed by atoms with Crippen molar-refractivity contribution >= 4 is 10.8 Å². The van der Waals surface area contributed by atoms with Crippen molar-refractivity contribution in [1.29, 1.82) is 10.5 Å². The van der Waals surface area contributed by atoms with Gasteiger partial charge in [0.05, 0.1) is 48.1 Å². The maximum atomic E-state index is 9.89. The average molecular weight is 455 g/mol. The Balaban J connectivity index is 1.58. The molecule has 0 spiro atoms. The van der Waals surface area contributed by atoms with Gasteiger partial charge in [-0.2, -0.15) is 10.5 Å². The molecule has 0 fully saturated rings. The Morgan fingerprint density at radius 2 is 1.69 bits per heavy atom. The van der Waals surface area contributed by atoms with Crippen molar-refractivity contribution in [2.24, 2.45) is 7.05 Å². The number of rotatable bonds is 6. The van der Waals surface area contributed by atoms with Gasteiger partial charge in [-0.25, -0.2) is 4.98 Å². The summed E-state index contributed by atoms with van der Waals surface area (Å²) in [6.45, 7) is 0.366. The molecule has 0 N–H and O–H groups in total. The molecule has 0 amide bonds. The van der Waals surface area contributed by atoms with Crippen molar-refractivity contribution in [2.75, 3.05) is 0 Å². The highest BCUT2D eigenvalue weighted by atomic mass is 16.5. The van der Waals surface area contributed by atoms with Crippen molar-refractivity contribution in [2.45, 2.75) is 12.7 Å². The van der Waals surface area contributed by atoms with Gasteiger partial charge >= 0.3 is 0 Å². The van der Waals surface area contributed by atoms with Crippen molar-refractivity contribution < 1.29 is 4.74 Å². The predicted molar refractivity (Wildman–Crippen MR) is 135 cm³/mol. The maximum absolute atomic E-state index is 9.89. The molecule has 168 valence electrons. The summed E-state index contributed by atoms with van der Waals surface area (Å²) in [4.78, 5) is 4.30. The predicted octanol–water partition coefficient (Wildman–Crippen LogP) is 6.29. The lowest BCUT2D eigenvalue weighted by Gasteiger charge is -2.21. The molecule has 0 aliphatic rings. The summed E-state index contributed by atoms with van der Waals surface area (Å²) in [5.74, 6) is 0. The van der Waals surface area contributed by atoms with Crippen LogP contribution in [0.2, 0.25) is 0 Å². The van der Waals surface area contributed by atoms with E-state index in [1.165, 1.54) is 0 Å². The van der Waals surface area contributed by atoms with Crippen LogP contribution in [-0.4, -0.2) is 9.55 Å². The number of hydrogen-bond donors (Lipinski definition) is 0. The third-order valence-electron chi connectivity index (χ3n) is 6.17. The van der Waals surface area contributed by atoms with Gasteiger partial charge in [0.25, 0.3) is 0 Å². The number of imidazole rings is 1. The fourth-order valence-electron chi connectivity index (χ4n) is 4.33. The van der Waals surface area contributed by atoms with E-state index in [0.717, 1.165) is 38.7 Å². The molecule has 1 unspecified atom stereocenters. The Labute approximate surface area is 204 Å². The van der Waals surface area contributed by atoms with E-state index in [1.807, 2.05) is 54.1 Å².